The van der Waals surface area contributed by atoms with Crippen LogP contribution in [0.2, 0.25) is 0 Å². The Morgan fingerprint density at radius 1 is 1.15 bits per heavy atom. The van der Waals surface area contributed by atoms with Gasteiger partial charge in [-0.2, -0.15) is 4.98 Å². The van der Waals surface area contributed by atoms with Gasteiger partial charge in [0.15, 0.2) is 4.34 Å². The molecule has 0 atom stereocenters. The molecule has 6 heteroatoms. The van der Waals surface area contributed by atoms with Crippen LogP contribution in [0.4, 0.5) is 0 Å². The summed E-state index contributed by atoms with van der Waals surface area (Å²) < 4.78 is 8.73. The lowest BCUT2D eigenvalue weighted by Gasteiger charge is -2.12. The summed E-state index contributed by atoms with van der Waals surface area (Å²) in [5.41, 5.74) is 1.06. The standard InChI is InChI=1S/C14H16N3OS2/c1-19-14-16-12(11-5-3-2-4-6-11)15-13(20-14)17-7-9-18-10-8-17/h2-6H,7-10H2,1H3/q+1. The molecule has 1 aliphatic heterocycles. The van der Waals surface area contributed by atoms with E-state index >= 15 is 0 Å². The highest BCUT2D eigenvalue weighted by atomic mass is 32.2. The first kappa shape index (κ1) is 13.7. The van der Waals surface area contributed by atoms with Gasteiger partial charge in [-0.15, -0.1) is 0 Å². The normalized spacial score (nSPS) is 15.3. The van der Waals surface area contributed by atoms with E-state index in [1.165, 1.54) is 0 Å². The highest BCUT2D eigenvalue weighted by Gasteiger charge is 2.16. The molecule has 3 rings (SSSR count). The lowest BCUT2D eigenvalue weighted by Crippen LogP contribution is -2.40. The third kappa shape index (κ3) is 3.08. The Balaban J connectivity index is 2.12. The zero-order valence-electron chi connectivity index (χ0n) is 11.3. The van der Waals surface area contributed by atoms with E-state index in [1.807, 2.05) is 30.3 Å². The average molecular weight is 306 g/mol. The summed E-state index contributed by atoms with van der Waals surface area (Å²) in [6.07, 6.45) is 2.05. The first-order valence-corrected chi connectivity index (χ1v) is 8.55. The second kappa shape index (κ2) is 6.47. The number of nitrogens with zero attached hydrogens (tertiary/aromatic N) is 3. The summed E-state index contributed by atoms with van der Waals surface area (Å²) in [6.45, 7) is 3.34. The highest BCUT2D eigenvalue weighted by molar-refractivity contribution is 8.00. The van der Waals surface area contributed by atoms with E-state index in [0.717, 1.165) is 46.8 Å². The molecule has 1 aliphatic rings. The number of hydrogen-bond acceptors (Lipinski definition) is 5. The molecule has 1 aromatic heterocycles. The van der Waals surface area contributed by atoms with E-state index in [0.29, 0.717) is 0 Å². The van der Waals surface area contributed by atoms with Crippen molar-refractivity contribution in [1.82, 2.24) is 14.5 Å². The van der Waals surface area contributed by atoms with Crippen LogP contribution in [0.5, 0.6) is 0 Å². The minimum atomic E-state index is 0.770. The topological polar surface area (TPSA) is 38.0 Å². The molecule has 0 unspecified atom stereocenters. The van der Waals surface area contributed by atoms with E-state index in [2.05, 4.69) is 15.8 Å². The van der Waals surface area contributed by atoms with Crippen LogP contribution in [0.15, 0.2) is 34.7 Å². The minimum absolute atomic E-state index is 0.770. The molecule has 0 radical (unpaired) electrons. The van der Waals surface area contributed by atoms with E-state index in [9.17, 15) is 0 Å². The van der Waals surface area contributed by atoms with E-state index < -0.39 is 0 Å². The van der Waals surface area contributed by atoms with Gasteiger partial charge in [-0.05, 0) is 34.7 Å². The number of rotatable bonds is 2. The summed E-state index contributed by atoms with van der Waals surface area (Å²) in [7, 11) is 0. The van der Waals surface area contributed by atoms with Gasteiger partial charge in [-0.25, -0.2) is 4.58 Å². The van der Waals surface area contributed by atoms with Crippen LogP contribution in [0, 0.1) is 0 Å². The summed E-state index contributed by atoms with van der Waals surface area (Å²) >= 11 is 3.31. The Morgan fingerprint density at radius 2 is 1.90 bits per heavy atom. The Bertz CT molecular complexity index is 647. The van der Waals surface area contributed by atoms with Gasteiger partial charge in [0.25, 0.3) is 5.82 Å². The van der Waals surface area contributed by atoms with Gasteiger partial charge in [-0.3, -0.25) is 0 Å². The average Bonchev–Trinajstić information content (AvgIpc) is 2.56. The van der Waals surface area contributed by atoms with Crippen LogP contribution in [-0.2, 0) is 4.74 Å². The summed E-state index contributed by atoms with van der Waals surface area (Å²) in [6, 6.07) is 10.1. The number of morpholine rings is 1. The van der Waals surface area contributed by atoms with Crippen LogP contribution in [0.1, 0.15) is 0 Å². The lowest BCUT2D eigenvalue weighted by atomic mass is 10.2. The molecule has 1 aromatic carbocycles. The number of ether oxygens (including phenoxy) is 1. The summed E-state index contributed by atoms with van der Waals surface area (Å²) in [4.78, 5) is 10.4. The molecule has 0 saturated carbocycles. The van der Waals surface area contributed by atoms with Crippen LogP contribution in [0.25, 0.3) is 11.4 Å². The summed E-state index contributed by atoms with van der Waals surface area (Å²) in [5.74, 6) is 0.801. The van der Waals surface area contributed by atoms with Crippen molar-refractivity contribution in [3.8, 4) is 11.4 Å². The van der Waals surface area contributed by atoms with Crippen LogP contribution in [-0.4, -0.2) is 42.5 Å². The van der Waals surface area contributed by atoms with Crippen molar-refractivity contribution in [2.75, 3.05) is 32.6 Å². The van der Waals surface area contributed by atoms with Gasteiger partial charge >= 0.3 is 4.80 Å². The quantitative estimate of drug-likeness (QED) is 0.625. The predicted octanol–water partition coefficient (Wildman–Crippen LogP) is 1.73. The van der Waals surface area contributed by atoms with Gasteiger partial charge in [0.1, 0.15) is 13.1 Å². The van der Waals surface area contributed by atoms with Gasteiger partial charge < -0.3 is 4.74 Å². The first-order valence-electron chi connectivity index (χ1n) is 6.51. The van der Waals surface area contributed by atoms with Crippen molar-refractivity contribution in [1.29, 1.82) is 0 Å². The molecule has 0 bridgehead atoms. The Labute approximate surface area is 126 Å². The molecule has 0 aliphatic carbocycles. The molecular weight excluding hydrogens is 290 g/mol. The van der Waals surface area contributed by atoms with Gasteiger partial charge in [0.2, 0.25) is 0 Å². The van der Waals surface area contributed by atoms with Crippen molar-refractivity contribution in [3.05, 3.63) is 35.1 Å². The molecule has 2 heterocycles. The zero-order chi connectivity index (χ0) is 13.8. The third-order valence-electron chi connectivity index (χ3n) is 3.07. The third-order valence-corrected chi connectivity index (χ3v) is 5.05. The monoisotopic (exact) mass is 306 g/mol. The zero-order valence-corrected chi connectivity index (χ0v) is 12.9. The number of hydrogen-bond donors (Lipinski definition) is 0. The van der Waals surface area contributed by atoms with Crippen molar-refractivity contribution >= 4 is 23.1 Å². The molecule has 0 amide bonds. The Kier molecular flexibility index (Phi) is 4.44. The molecule has 2 aromatic rings. The molecule has 0 spiro atoms. The SMILES string of the molecule is CSc1nc(-c2ccccc2)nc(=[N+]2CCOCC2)s1. The van der Waals surface area contributed by atoms with Crippen molar-refractivity contribution < 1.29 is 4.74 Å². The molecule has 4 nitrogen and oxygen atoms in total. The van der Waals surface area contributed by atoms with E-state index in [-0.39, 0.29) is 0 Å². The fourth-order valence-corrected chi connectivity index (χ4v) is 3.49. The predicted molar refractivity (Wildman–Crippen MR) is 82.9 cm³/mol. The molecule has 1 fully saturated rings. The van der Waals surface area contributed by atoms with Crippen molar-refractivity contribution in [3.63, 3.8) is 0 Å². The number of thioether (sulfide) groups is 1. The molecule has 0 N–H and O–H groups in total. The maximum absolute atomic E-state index is 5.41. The number of aromatic nitrogens is 2. The van der Waals surface area contributed by atoms with Crippen molar-refractivity contribution in [2.45, 2.75) is 4.34 Å². The van der Waals surface area contributed by atoms with E-state index in [1.54, 1.807) is 23.1 Å². The molecule has 20 heavy (non-hydrogen) atoms. The highest BCUT2D eigenvalue weighted by Crippen LogP contribution is 2.19. The van der Waals surface area contributed by atoms with Crippen LogP contribution in [0.3, 0.4) is 0 Å². The van der Waals surface area contributed by atoms with Crippen molar-refractivity contribution in [2.24, 2.45) is 0 Å². The largest absolute Gasteiger partial charge is 0.382 e. The van der Waals surface area contributed by atoms with Gasteiger partial charge in [-0.1, -0.05) is 30.0 Å². The van der Waals surface area contributed by atoms with Crippen LogP contribution < -0.4 is 9.38 Å². The van der Waals surface area contributed by atoms with E-state index in [4.69, 9.17) is 9.72 Å². The number of benzene rings is 1. The molecule has 1 saturated heterocycles. The summed E-state index contributed by atoms with van der Waals surface area (Å²) in [5, 5.41) is 0. The fourth-order valence-electron chi connectivity index (χ4n) is 2.02. The minimum Gasteiger partial charge on any atom is -0.373 e. The molecular formula is C14H16N3OS2+. The van der Waals surface area contributed by atoms with Gasteiger partial charge in [0, 0.05) is 5.56 Å². The fraction of sp³-hybridized carbons (Fsp3) is 0.357. The second-order valence-corrected chi connectivity index (χ2v) is 6.38. The second-order valence-electron chi connectivity index (χ2n) is 4.37. The molecule has 104 valence electrons. The Hall–Kier alpha value is -1.24. The maximum Gasteiger partial charge on any atom is 0.382 e. The van der Waals surface area contributed by atoms with Crippen LogP contribution >= 0.6 is 23.1 Å². The first-order chi connectivity index (χ1) is 9.86. The van der Waals surface area contributed by atoms with Gasteiger partial charge in [0.05, 0.1) is 13.2 Å². The maximum atomic E-state index is 5.41. The Morgan fingerprint density at radius 3 is 2.60 bits per heavy atom. The lowest BCUT2D eigenvalue weighted by molar-refractivity contribution is 0.0964. The smallest absolute Gasteiger partial charge is 0.373 e.